The molecule has 0 rings (SSSR count). The lowest BCUT2D eigenvalue weighted by atomic mass is 10.1. The maximum Gasteiger partial charge on any atom is 0.472 e. The molecule has 552 valence electrons. The fourth-order valence-electron chi connectivity index (χ4n) is 9.56. The summed E-state index contributed by atoms with van der Waals surface area (Å²) in [5.74, 6) is -2.23. The Kier molecular flexibility index (Phi) is 66.1. The summed E-state index contributed by atoms with van der Waals surface area (Å²) >= 11 is 0. The molecule has 5 unspecified atom stereocenters. The molecule has 0 aromatic carbocycles. The molecule has 0 aromatic heterocycles. The summed E-state index contributed by atoms with van der Waals surface area (Å²) in [7, 11) is -9.96. The fraction of sp³-hybridized carbons (Fsp3) is 0.714. The first-order chi connectivity index (χ1) is 46.7. The Morgan fingerprint density at radius 2 is 0.562 bits per heavy atom. The highest BCUT2D eigenvalue weighted by molar-refractivity contribution is 7.47. The smallest absolute Gasteiger partial charge is 0.462 e. The highest BCUT2D eigenvalue weighted by atomic mass is 31.2. The molecule has 0 spiro atoms. The minimum Gasteiger partial charge on any atom is -0.462 e. The van der Waals surface area contributed by atoms with Crippen molar-refractivity contribution in [3.63, 3.8) is 0 Å². The van der Waals surface area contributed by atoms with E-state index in [4.69, 9.17) is 37.0 Å². The van der Waals surface area contributed by atoms with E-state index in [2.05, 4.69) is 137 Å². The van der Waals surface area contributed by atoms with E-state index in [9.17, 15) is 43.2 Å². The van der Waals surface area contributed by atoms with Crippen LogP contribution in [0, 0.1) is 0 Å². The van der Waals surface area contributed by atoms with Gasteiger partial charge in [-0.15, -0.1) is 0 Å². The molecule has 3 N–H and O–H groups in total. The number of aliphatic hydroxyl groups is 1. The Hall–Kier alpha value is -4.28. The molecule has 0 aliphatic carbocycles. The van der Waals surface area contributed by atoms with Crippen LogP contribution in [0.3, 0.4) is 0 Å². The first-order valence-electron chi connectivity index (χ1n) is 37.1. The molecule has 17 nitrogen and oxygen atoms in total. The van der Waals surface area contributed by atoms with Gasteiger partial charge in [-0.2, -0.15) is 0 Å². The molecule has 0 saturated carbocycles. The van der Waals surface area contributed by atoms with E-state index >= 15 is 0 Å². The van der Waals surface area contributed by atoms with Crippen LogP contribution in [0.4, 0.5) is 0 Å². The fourth-order valence-corrected chi connectivity index (χ4v) is 11.1. The molecular weight excluding hydrogens is 1260 g/mol. The number of aliphatic hydroxyl groups excluding tert-OH is 1. The number of carbonyl (C=O) groups excluding carboxylic acids is 4. The number of phosphoric ester groups is 2. The quantitative estimate of drug-likeness (QED) is 0.0169. The molecule has 5 atom stereocenters. The van der Waals surface area contributed by atoms with Gasteiger partial charge in [0.25, 0.3) is 0 Å². The molecule has 0 heterocycles. The second-order valence-corrected chi connectivity index (χ2v) is 27.4. The van der Waals surface area contributed by atoms with E-state index in [1.54, 1.807) is 0 Å². The van der Waals surface area contributed by atoms with Crippen molar-refractivity contribution in [1.29, 1.82) is 0 Å². The van der Waals surface area contributed by atoms with Crippen LogP contribution in [0.25, 0.3) is 0 Å². The van der Waals surface area contributed by atoms with Crippen LogP contribution in [0.15, 0.2) is 109 Å². The third-order valence-corrected chi connectivity index (χ3v) is 17.1. The minimum atomic E-state index is -4.98. The van der Waals surface area contributed by atoms with Gasteiger partial charge in [-0.1, -0.05) is 246 Å². The zero-order valence-electron chi connectivity index (χ0n) is 60.0. The number of hydrogen-bond donors (Lipinski definition) is 3. The lowest BCUT2D eigenvalue weighted by Gasteiger charge is -2.21. The van der Waals surface area contributed by atoms with Crippen LogP contribution in [-0.4, -0.2) is 96.7 Å². The Morgan fingerprint density at radius 1 is 0.302 bits per heavy atom. The number of rotatable bonds is 69. The van der Waals surface area contributed by atoms with Crippen molar-refractivity contribution < 1.29 is 80.2 Å². The zero-order valence-corrected chi connectivity index (χ0v) is 61.8. The van der Waals surface area contributed by atoms with Gasteiger partial charge >= 0.3 is 39.5 Å². The molecule has 19 heteroatoms. The Morgan fingerprint density at radius 3 is 0.885 bits per heavy atom. The van der Waals surface area contributed by atoms with Gasteiger partial charge in [-0.05, 0) is 135 Å². The van der Waals surface area contributed by atoms with Gasteiger partial charge in [0.15, 0.2) is 12.2 Å². The maximum absolute atomic E-state index is 13.1. The summed E-state index contributed by atoms with van der Waals surface area (Å²) < 4.78 is 68.3. The van der Waals surface area contributed by atoms with Gasteiger partial charge in [-0.25, -0.2) is 9.13 Å². The summed E-state index contributed by atoms with van der Waals surface area (Å²) in [6, 6.07) is 0. The van der Waals surface area contributed by atoms with Gasteiger partial charge in [0.05, 0.1) is 26.4 Å². The van der Waals surface area contributed by atoms with E-state index in [1.165, 1.54) is 12.8 Å². The van der Waals surface area contributed by atoms with Crippen LogP contribution < -0.4 is 0 Å². The number of phosphoric acid groups is 2. The lowest BCUT2D eigenvalue weighted by Crippen LogP contribution is -2.30. The Balaban J connectivity index is 5.35. The normalized spacial score (nSPS) is 14.6. The summed E-state index contributed by atoms with van der Waals surface area (Å²) in [5.41, 5.74) is 0. The summed E-state index contributed by atoms with van der Waals surface area (Å²) in [6.45, 7) is 4.49. The van der Waals surface area contributed by atoms with E-state index in [-0.39, 0.29) is 25.7 Å². The van der Waals surface area contributed by atoms with Crippen molar-refractivity contribution in [3.05, 3.63) is 109 Å². The van der Waals surface area contributed by atoms with Gasteiger partial charge in [-0.3, -0.25) is 37.3 Å². The number of unbranched alkanes of at least 4 members (excludes halogenated alkanes) is 25. The second-order valence-electron chi connectivity index (χ2n) is 24.5. The standard InChI is InChI=1S/C77H132O17P2/c1-5-9-13-17-21-25-29-32-34-35-37-39-43-46-50-54-58-62-75(80)88-68-73(94-77(82)64-60-56-52-48-44-40-36-33-30-26-22-18-14-10-6-2)70-92-96(85,86)90-66-71(78)65-89-95(83,84)91-69-72(93-76(81)63-59-55-51-47-41-28-24-20-16-12-8-4)67-87-74(79)61-57-53-49-45-42-38-31-27-23-19-15-11-7-3/h9-10,13-15,19-22,24-27,31-34,36,71-73,78H,5-8,11-12,16-18,23,28-30,35,37-70H2,1-4H3,(H,83,84)(H,85,86)/b13-9-,14-10-,19-15-,24-20-,25-21-,26-22-,31-27-,34-32-,36-33-. The molecule has 0 aliphatic rings. The molecule has 0 aromatic rings. The molecule has 0 radical (unpaired) electrons. The molecule has 0 amide bonds. The van der Waals surface area contributed by atoms with Crippen molar-refractivity contribution in [1.82, 2.24) is 0 Å². The van der Waals surface area contributed by atoms with E-state index in [0.717, 1.165) is 205 Å². The minimum absolute atomic E-state index is 0.0716. The molecule has 0 bridgehead atoms. The number of esters is 4. The van der Waals surface area contributed by atoms with Crippen molar-refractivity contribution >= 4 is 39.5 Å². The van der Waals surface area contributed by atoms with E-state index in [0.29, 0.717) is 25.7 Å². The summed E-state index contributed by atoms with van der Waals surface area (Å²) in [4.78, 5) is 72.7. The van der Waals surface area contributed by atoms with Crippen LogP contribution in [0.2, 0.25) is 0 Å². The number of allylic oxidation sites excluding steroid dienone is 18. The molecule has 96 heavy (non-hydrogen) atoms. The van der Waals surface area contributed by atoms with Gasteiger partial charge in [0.2, 0.25) is 0 Å². The van der Waals surface area contributed by atoms with E-state index in [1.807, 2.05) is 0 Å². The maximum atomic E-state index is 13.1. The lowest BCUT2D eigenvalue weighted by molar-refractivity contribution is -0.161. The largest absolute Gasteiger partial charge is 0.472 e. The Labute approximate surface area is 581 Å². The first-order valence-corrected chi connectivity index (χ1v) is 40.1. The van der Waals surface area contributed by atoms with Gasteiger partial charge < -0.3 is 33.8 Å². The predicted octanol–water partition coefficient (Wildman–Crippen LogP) is 21.0. The predicted molar refractivity (Wildman–Crippen MR) is 390 cm³/mol. The highest BCUT2D eigenvalue weighted by Gasteiger charge is 2.30. The van der Waals surface area contributed by atoms with Gasteiger partial charge in [0, 0.05) is 25.7 Å². The first kappa shape index (κ1) is 91.7. The van der Waals surface area contributed by atoms with Crippen LogP contribution in [-0.2, 0) is 65.4 Å². The van der Waals surface area contributed by atoms with Crippen LogP contribution in [0.1, 0.15) is 297 Å². The average Bonchev–Trinajstić information content (AvgIpc) is 2.18. The van der Waals surface area contributed by atoms with Crippen molar-refractivity contribution in [2.75, 3.05) is 39.6 Å². The van der Waals surface area contributed by atoms with E-state index < -0.39 is 97.5 Å². The molecule has 0 aliphatic heterocycles. The average molecular weight is 1390 g/mol. The molecular formula is C77H132O17P2. The zero-order chi connectivity index (χ0) is 70.4. The Bertz CT molecular complexity index is 2250. The molecule has 0 fully saturated rings. The van der Waals surface area contributed by atoms with Crippen molar-refractivity contribution in [2.24, 2.45) is 0 Å². The third kappa shape index (κ3) is 68.3. The third-order valence-electron chi connectivity index (χ3n) is 15.2. The summed E-state index contributed by atoms with van der Waals surface area (Å²) in [6.07, 6.45) is 72.3. The van der Waals surface area contributed by atoms with Crippen LogP contribution in [0.5, 0.6) is 0 Å². The second kappa shape index (κ2) is 69.2. The van der Waals surface area contributed by atoms with Crippen molar-refractivity contribution in [3.8, 4) is 0 Å². The van der Waals surface area contributed by atoms with Crippen molar-refractivity contribution in [2.45, 2.75) is 316 Å². The number of hydrogen-bond acceptors (Lipinski definition) is 15. The highest BCUT2D eigenvalue weighted by Crippen LogP contribution is 2.45. The number of carbonyl (C=O) groups is 4. The SMILES string of the molecule is CC/C=C\C/C=C\C/C=C\CCCCCCCCCC(=O)OCC(COP(=O)(O)OCC(O)COP(=O)(O)OCC(COC(=O)CCCCCCC/C=C\C/C=C\CCC)OC(=O)CCCCCCC/C=C\CCCC)OC(=O)CCCCCCC/C=C\C/C=C\C/C=C\CC. The van der Waals surface area contributed by atoms with Gasteiger partial charge in [0.1, 0.15) is 19.3 Å². The summed E-state index contributed by atoms with van der Waals surface area (Å²) in [5, 5.41) is 10.6. The van der Waals surface area contributed by atoms with Crippen LogP contribution >= 0.6 is 15.6 Å². The molecule has 0 saturated heterocycles. The topological polar surface area (TPSA) is 237 Å². The monoisotopic (exact) mass is 1390 g/mol. The number of ether oxygens (including phenoxy) is 4.